The molecule has 1 fully saturated rings. The molecule has 0 aromatic heterocycles. The van der Waals surface area contributed by atoms with Gasteiger partial charge in [0.25, 0.3) is 0 Å². The highest BCUT2D eigenvalue weighted by Crippen LogP contribution is 2.52. The van der Waals surface area contributed by atoms with Crippen LogP contribution in [0.2, 0.25) is 0 Å². The van der Waals surface area contributed by atoms with Crippen LogP contribution >= 0.6 is 11.8 Å². The summed E-state index contributed by atoms with van der Waals surface area (Å²) in [5, 5.41) is 1.36. The van der Waals surface area contributed by atoms with Gasteiger partial charge in [-0.05, 0) is 24.0 Å². The standard InChI is InChI=1S/C16H16S/c1-3-7-13(8-4-1)15-11-12-16(17-15)14-9-5-2-6-10-14/h1-10,15-16H,11-12H2. The van der Waals surface area contributed by atoms with Gasteiger partial charge in [-0.1, -0.05) is 60.7 Å². The minimum absolute atomic E-state index is 0.682. The first-order valence-electron chi connectivity index (χ1n) is 6.19. The van der Waals surface area contributed by atoms with Crippen LogP contribution in [0.4, 0.5) is 0 Å². The summed E-state index contributed by atoms with van der Waals surface area (Å²) < 4.78 is 0. The van der Waals surface area contributed by atoms with Crippen LogP contribution in [0, 0.1) is 0 Å². The van der Waals surface area contributed by atoms with Crippen LogP contribution in [0.3, 0.4) is 0 Å². The molecule has 0 saturated carbocycles. The van der Waals surface area contributed by atoms with E-state index in [9.17, 15) is 0 Å². The lowest BCUT2D eigenvalue weighted by atomic mass is 10.0. The van der Waals surface area contributed by atoms with E-state index in [1.807, 2.05) is 0 Å². The van der Waals surface area contributed by atoms with Gasteiger partial charge in [0.2, 0.25) is 0 Å². The molecule has 0 aliphatic carbocycles. The van der Waals surface area contributed by atoms with Crippen molar-refractivity contribution in [3.63, 3.8) is 0 Å². The second kappa shape index (κ2) is 4.97. The number of thioether (sulfide) groups is 1. The quantitative estimate of drug-likeness (QED) is 0.712. The highest BCUT2D eigenvalue weighted by atomic mass is 32.2. The highest BCUT2D eigenvalue weighted by Gasteiger charge is 2.27. The SMILES string of the molecule is c1ccc(C2CCC(c3ccccc3)S2)cc1. The predicted molar refractivity (Wildman–Crippen MR) is 75.2 cm³/mol. The summed E-state index contributed by atoms with van der Waals surface area (Å²) in [5.74, 6) is 0. The van der Waals surface area contributed by atoms with Crippen LogP contribution in [-0.4, -0.2) is 0 Å². The fourth-order valence-corrected chi connectivity index (χ4v) is 4.03. The zero-order valence-corrected chi connectivity index (χ0v) is 10.6. The molecule has 1 aliphatic rings. The Morgan fingerprint density at radius 1 is 0.647 bits per heavy atom. The first-order chi connectivity index (χ1) is 8.43. The highest BCUT2D eigenvalue weighted by molar-refractivity contribution is 8.00. The van der Waals surface area contributed by atoms with Crippen molar-refractivity contribution in [3.05, 3.63) is 71.8 Å². The smallest absolute Gasteiger partial charge is 0.0303 e. The van der Waals surface area contributed by atoms with Crippen molar-refractivity contribution in [3.8, 4) is 0 Å². The molecule has 2 atom stereocenters. The van der Waals surface area contributed by atoms with Gasteiger partial charge in [-0.3, -0.25) is 0 Å². The Labute approximate surface area is 107 Å². The van der Waals surface area contributed by atoms with E-state index in [4.69, 9.17) is 0 Å². The van der Waals surface area contributed by atoms with Crippen molar-refractivity contribution >= 4 is 11.8 Å². The minimum atomic E-state index is 0.682. The summed E-state index contributed by atoms with van der Waals surface area (Å²) in [6.45, 7) is 0. The predicted octanol–water partition coefficient (Wildman–Crippen LogP) is 5.00. The van der Waals surface area contributed by atoms with Gasteiger partial charge in [0.1, 0.15) is 0 Å². The van der Waals surface area contributed by atoms with Crippen LogP contribution in [0.15, 0.2) is 60.7 Å². The zero-order chi connectivity index (χ0) is 11.5. The van der Waals surface area contributed by atoms with Crippen molar-refractivity contribution in [1.29, 1.82) is 0 Å². The lowest BCUT2D eigenvalue weighted by Crippen LogP contribution is -1.87. The third kappa shape index (κ3) is 2.39. The van der Waals surface area contributed by atoms with Gasteiger partial charge >= 0.3 is 0 Å². The van der Waals surface area contributed by atoms with Gasteiger partial charge in [-0.25, -0.2) is 0 Å². The van der Waals surface area contributed by atoms with E-state index >= 15 is 0 Å². The second-order valence-electron chi connectivity index (χ2n) is 4.51. The van der Waals surface area contributed by atoms with E-state index in [1.165, 1.54) is 24.0 Å². The van der Waals surface area contributed by atoms with Crippen molar-refractivity contribution in [2.24, 2.45) is 0 Å². The van der Waals surface area contributed by atoms with Gasteiger partial charge in [-0.15, -0.1) is 11.8 Å². The van der Waals surface area contributed by atoms with Crippen molar-refractivity contribution < 1.29 is 0 Å². The topological polar surface area (TPSA) is 0 Å². The summed E-state index contributed by atoms with van der Waals surface area (Å²) in [6, 6.07) is 21.8. The molecular formula is C16H16S. The lowest BCUT2D eigenvalue weighted by Gasteiger charge is -2.11. The molecular weight excluding hydrogens is 224 g/mol. The first-order valence-corrected chi connectivity index (χ1v) is 7.13. The Bertz CT molecular complexity index is 418. The first kappa shape index (κ1) is 10.9. The van der Waals surface area contributed by atoms with Crippen molar-refractivity contribution in [2.75, 3.05) is 0 Å². The Morgan fingerprint density at radius 2 is 1.06 bits per heavy atom. The van der Waals surface area contributed by atoms with E-state index in [0.29, 0.717) is 10.5 Å². The minimum Gasteiger partial charge on any atom is -0.146 e. The maximum absolute atomic E-state index is 2.26. The van der Waals surface area contributed by atoms with E-state index in [-0.39, 0.29) is 0 Å². The molecule has 2 aromatic carbocycles. The summed E-state index contributed by atoms with van der Waals surface area (Å²) in [6.07, 6.45) is 2.60. The maximum Gasteiger partial charge on any atom is 0.0303 e. The molecule has 1 aliphatic heterocycles. The Kier molecular flexibility index (Phi) is 3.19. The molecule has 2 aromatic rings. The maximum atomic E-state index is 2.26. The van der Waals surface area contributed by atoms with Gasteiger partial charge in [-0.2, -0.15) is 0 Å². The van der Waals surface area contributed by atoms with Crippen molar-refractivity contribution in [1.82, 2.24) is 0 Å². The fraction of sp³-hybridized carbons (Fsp3) is 0.250. The van der Waals surface area contributed by atoms with E-state index in [2.05, 4.69) is 72.4 Å². The molecule has 0 N–H and O–H groups in total. The Hall–Kier alpha value is -1.21. The van der Waals surface area contributed by atoms with Gasteiger partial charge in [0.15, 0.2) is 0 Å². The number of hydrogen-bond donors (Lipinski definition) is 0. The largest absolute Gasteiger partial charge is 0.146 e. The number of hydrogen-bond acceptors (Lipinski definition) is 1. The number of rotatable bonds is 2. The fourth-order valence-electron chi connectivity index (χ4n) is 2.46. The van der Waals surface area contributed by atoms with Crippen LogP contribution in [0.5, 0.6) is 0 Å². The average Bonchev–Trinajstić information content (AvgIpc) is 2.90. The summed E-state index contributed by atoms with van der Waals surface area (Å²) in [7, 11) is 0. The molecule has 0 radical (unpaired) electrons. The molecule has 1 heterocycles. The molecule has 0 spiro atoms. The van der Waals surface area contributed by atoms with E-state index < -0.39 is 0 Å². The Morgan fingerprint density at radius 3 is 1.47 bits per heavy atom. The molecule has 0 bridgehead atoms. The van der Waals surface area contributed by atoms with E-state index in [0.717, 1.165) is 0 Å². The molecule has 0 amide bonds. The summed E-state index contributed by atoms with van der Waals surface area (Å²) in [4.78, 5) is 0. The molecule has 17 heavy (non-hydrogen) atoms. The second-order valence-corrected chi connectivity index (χ2v) is 5.92. The van der Waals surface area contributed by atoms with Crippen LogP contribution in [0.25, 0.3) is 0 Å². The molecule has 2 unspecified atom stereocenters. The zero-order valence-electron chi connectivity index (χ0n) is 9.75. The third-order valence-electron chi connectivity index (χ3n) is 3.36. The molecule has 1 heteroatoms. The van der Waals surface area contributed by atoms with Crippen LogP contribution < -0.4 is 0 Å². The van der Waals surface area contributed by atoms with Crippen LogP contribution in [0.1, 0.15) is 34.5 Å². The average molecular weight is 240 g/mol. The third-order valence-corrected chi connectivity index (χ3v) is 5.04. The van der Waals surface area contributed by atoms with E-state index in [1.54, 1.807) is 0 Å². The van der Waals surface area contributed by atoms with Crippen molar-refractivity contribution in [2.45, 2.75) is 23.3 Å². The number of benzene rings is 2. The van der Waals surface area contributed by atoms with Gasteiger partial charge in [0.05, 0.1) is 0 Å². The van der Waals surface area contributed by atoms with Gasteiger partial charge < -0.3 is 0 Å². The Balaban J connectivity index is 1.75. The molecule has 0 nitrogen and oxygen atoms in total. The molecule has 1 saturated heterocycles. The van der Waals surface area contributed by atoms with Crippen LogP contribution in [-0.2, 0) is 0 Å². The molecule has 3 rings (SSSR count). The molecule has 86 valence electrons. The monoisotopic (exact) mass is 240 g/mol. The summed E-state index contributed by atoms with van der Waals surface area (Å²) >= 11 is 2.12. The normalized spacial score (nSPS) is 23.8. The van der Waals surface area contributed by atoms with Gasteiger partial charge in [0, 0.05) is 10.5 Å². The summed E-state index contributed by atoms with van der Waals surface area (Å²) in [5.41, 5.74) is 2.96. The lowest BCUT2D eigenvalue weighted by molar-refractivity contribution is 0.765.